The Hall–Kier alpha value is -1.90. The summed E-state index contributed by atoms with van der Waals surface area (Å²) in [4.78, 5) is 15.6. The van der Waals surface area contributed by atoms with Crippen molar-refractivity contribution >= 4 is 16.7 Å². The summed E-state index contributed by atoms with van der Waals surface area (Å²) in [5.74, 6) is -0.0636. The van der Waals surface area contributed by atoms with Crippen molar-refractivity contribution < 1.29 is 4.79 Å². The van der Waals surface area contributed by atoms with Crippen LogP contribution in [-0.2, 0) is 0 Å². The monoisotopic (exact) mass is 200 g/mol. The fourth-order valence-corrected chi connectivity index (χ4v) is 1.54. The first kappa shape index (κ1) is 9.65. The van der Waals surface area contributed by atoms with Crippen molar-refractivity contribution in [1.82, 2.24) is 10.3 Å². The fraction of sp³-hybridized carbons (Fsp3) is 0.167. The summed E-state index contributed by atoms with van der Waals surface area (Å²) in [6.45, 7) is 1.94. The van der Waals surface area contributed by atoms with Crippen molar-refractivity contribution in [2.45, 2.75) is 6.92 Å². The third kappa shape index (κ3) is 1.81. The van der Waals surface area contributed by atoms with Gasteiger partial charge in [0, 0.05) is 29.9 Å². The van der Waals surface area contributed by atoms with Gasteiger partial charge in [0.25, 0.3) is 5.91 Å². The maximum Gasteiger partial charge on any atom is 0.251 e. The number of benzene rings is 1. The van der Waals surface area contributed by atoms with E-state index in [0.29, 0.717) is 5.56 Å². The second-order valence-corrected chi connectivity index (χ2v) is 3.47. The van der Waals surface area contributed by atoms with Crippen molar-refractivity contribution in [3.8, 4) is 0 Å². The zero-order chi connectivity index (χ0) is 10.8. The Morgan fingerprint density at radius 2 is 2.07 bits per heavy atom. The molecule has 1 heterocycles. The first-order valence-electron chi connectivity index (χ1n) is 4.79. The van der Waals surface area contributed by atoms with E-state index in [0.717, 1.165) is 16.5 Å². The maximum atomic E-state index is 11.4. The number of rotatable bonds is 1. The van der Waals surface area contributed by atoms with Gasteiger partial charge in [-0.1, -0.05) is 6.07 Å². The Balaban J connectivity index is 2.59. The molecule has 1 amide bonds. The van der Waals surface area contributed by atoms with Crippen LogP contribution in [-0.4, -0.2) is 17.9 Å². The molecule has 0 spiro atoms. The van der Waals surface area contributed by atoms with Gasteiger partial charge in [0.15, 0.2) is 0 Å². The summed E-state index contributed by atoms with van der Waals surface area (Å²) in [7, 11) is 1.63. The minimum absolute atomic E-state index is 0.0636. The van der Waals surface area contributed by atoms with Crippen LogP contribution in [0.4, 0.5) is 0 Å². The zero-order valence-corrected chi connectivity index (χ0v) is 8.74. The molecule has 1 N–H and O–H groups in total. The third-order valence-corrected chi connectivity index (χ3v) is 2.35. The molecule has 0 aliphatic heterocycles. The number of fused-ring (bicyclic) bond motifs is 1. The van der Waals surface area contributed by atoms with Gasteiger partial charge in [0.2, 0.25) is 0 Å². The standard InChI is InChI=1S/C12H12N2O/c1-8-5-11-6-9(12(15)13-2)3-4-10(11)7-14-8/h3-7H,1-2H3,(H,13,15). The minimum Gasteiger partial charge on any atom is -0.355 e. The lowest BCUT2D eigenvalue weighted by molar-refractivity contribution is 0.0963. The lowest BCUT2D eigenvalue weighted by Gasteiger charge is -2.02. The lowest BCUT2D eigenvalue weighted by atomic mass is 10.1. The number of nitrogens with one attached hydrogen (secondary N) is 1. The highest BCUT2D eigenvalue weighted by atomic mass is 16.1. The second kappa shape index (κ2) is 3.69. The van der Waals surface area contributed by atoms with E-state index in [2.05, 4.69) is 10.3 Å². The topological polar surface area (TPSA) is 42.0 Å². The SMILES string of the molecule is CNC(=O)c1ccc2cnc(C)cc2c1. The normalized spacial score (nSPS) is 10.3. The highest BCUT2D eigenvalue weighted by Gasteiger charge is 2.03. The van der Waals surface area contributed by atoms with E-state index in [9.17, 15) is 4.79 Å². The molecule has 0 aliphatic carbocycles. The fourth-order valence-electron chi connectivity index (χ4n) is 1.54. The van der Waals surface area contributed by atoms with Crippen molar-refractivity contribution in [1.29, 1.82) is 0 Å². The van der Waals surface area contributed by atoms with Crippen LogP contribution in [0.5, 0.6) is 0 Å². The van der Waals surface area contributed by atoms with E-state index >= 15 is 0 Å². The Labute approximate surface area is 88.1 Å². The predicted molar refractivity (Wildman–Crippen MR) is 59.9 cm³/mol. The number of carbonyl (C=O) groups is 1. The van der Waals surface area contributed by atoms with Crippen LogP contribution in [0, 0.1) is 6.92 Å². The Bertz CT molecular complexity index is 520. The average Bonchev–Trinajstić information content (AvgIpc) is 2.27. The molecular weight excluding hydrogens is 188 g/mol. The van der Waals surface area contributed by atoms with Crippen LogP contribution < -0.4 is 5.32 Å². The van der Waals surface area contributed by atoms with Crippen LogP contribution in [0.25, 0.3) is 10.8 Å². The van der Waals surface area contributed by atoms with Crippen molar-refractivity contribution in [2.75, 3.05) is 7.05 Å². The van der Waals surface area contributed by atoms with E-state index in [1.165, 1.54) is 0 Å². The highest BCUT2D eigenvalue weighted by Crippen LogP contribution is 2.15. The number of aromatic nitrogens is 1. The molecule has 0 unspecified atom stereocenters. The molecule has 2 aromatic rings. The van der Waals surface area contributed by atoms with Crippen LogP contribution in [0.15, 0.2) is 30.5 Å². The molecule has 0 atom stereocenters. The molecule has 1 aromatic carbocycles. The van der Waals surface area contributed by atoms with Crippen molar-refractivity contribution in [3.05, 3.63) is 41.7 Å². The number of aryl methyl sites for hydroxylation is 1. The Morgan fingerprint density at radius 3 is 2.80 bits per heavy atom. The van der Waals surface area contributed by atoms with E-state index in [4.69, 9.17) is 0 Å². The van der Waals surface area contributed by atoms with Gasteiger partial charge in [-0.05, 0) is 30.5 Å². The molecular formula is C12H12N2O. The molecule has 2 rings (SSSR count). The predicted octanol–water partition coefficient (Wildman–Crippen LogP) is 1.90. The number of pyridine rings is 1. The summed E-state index contributed by atoms with van der Waals surface area (Å²) in [5, 5.41) is 4.70. The lowest BCUT2D eigenvalue weighted by Crippen LogP contribution is -2.17. The first-order chi connectivity index (χ1) is 7.20. The molecule has 3 heteroatoms. The minimum atomic E-state index is -0.0636. The Morgan fingerprint density at radius 1 is 1.27 bits per heavy atom. The van der Waals surface area contributed by atoms with E-state index < -0.39 is 0 Å². The number of hydrogen-bond acceptors (Lipinski definition) is 2. The highest BCUT2D eigenvalue weighted by molar-refractivity contribution is 5.98. The van der Waals surface area contributed by atoms with Gasteiger partial charge in [0.05, 0.1) is 0 Å². The van der Waals surface area contributed by atoms with Gasteiger partial charge in [-0.3, -0.25) is 9.78 Å². The summed E-state index contributed by atoms with van der Waals surface area (Å²) >= 11 is 0. The van der Waals surface area contributed by atoms with Crippen LogP contribution in [0.2, 0.25) is 0 Å². The van der Waals surface area contributed by atoms with Crippen LogP contribution >= 0.6 is 0 Å². The van der Waals surface area contributed by atoms with Gasteiger partial charge in [0.1, 0.15) is 0 Å². The molecule has 0 bridgehead atoms. The van der Waals surface area contributed by atoms with Gasteiger partial charge in [-0.15, -0.1) is 0 Å². The number of hydrogen-bond donors (Lipinski definition) is 1. The second-order valence-electron chi connectivity index (χ2n) is 3.47. The van der Waals surface area contributed by atoms with Crippen molar-refractivity contribution in [2.24, 2.45) is 0 Å². The third-order valence-electron chi connectivity index (χ3n) is 2.35. The van der Waals surface area contributed by atoms with Crippen molar-refractivity contribution in [3.63, 3.8) is 0 Å². The number of amides is 1. The average molecular weight is 200 g/mol. The molecule has 1 aromatic heterocycles. The molecule has 76 valence electrons. The van der Waals surface area contributed by atoms with Crippen LogP contribution in [0.1, 0.15) is 16.1 Å². The molecule has 0 saturated carbocycles. The van der Waals surface area contributed by atoms with E-state index in [-0.39, 0.29) is 5.91 Å². The maximum absolute atomic E-state index is 11.4. The van der Waals surface area contributed by atoms with Crippen LogP contribution in [0.3, 0.4) is 0 Å². The molecule has 0 fully saturated rings. The summed E-state index contributed by atoms with van der Waals surface area (Å²) in [6, 6.07) is 7.56. The van der Waals surface area contributed by atoms with Gasteiger partial charge < -0.3 is 5.32 Å². The number of carbonyl (C=O) groups excluding carboxylic acids is 1. The van der Waals surface area contributed by atoms with Gasteiger partial charge in [-0.25, -0.2) is 0 Å². The van der Waals surface area contributed by atoms with Gasteiger partial charge >= 0.3 is 0 Å². The van der Waals surface area contributed by atoms with E-state index in [1.807, 2.05) is 31.3 Å². The number of nitrogens with zero attached hydrogens (tertiary/aromatic N) is 1. The summed E-state index contributed by atoms with van der Waals surface area (Å²) < 4.78 is 0. The molecule has 15 heavy (non-hydrogen) atoms. The first-order valence-corrected chi connectivity index (χ1v) is 4.79. The summed E-state index contributed by atoms with van der Waals surface area (Å²) in [5.41, 5.74) is 1.63. The molecule has 3 nitrogen and oxygen atoms in total. The summed E-state index contributed by atoms with van der Waals surface area (Å²) in [6.07, 6.45) is 1.82. The largest absolute Gasteiger partial charge is 0.355 e. The Kier molecular flexibility index (Phi) is 2.37. The smallest absolute Gasteiger partial charge is 0.251 e. The zero-order valence-electron chi connectivity index (χ0n) is 8.74. The molecule has 0 saturated heterocycles. The van der Waals surface area contributed by atoms with Gasteiger partial charge in [-0.2, -0.15) is 0 Å². The molecule has 0 aliphatic rings. The molecule has 0 radical (unpaired) electrons. The quantitative estimate of drug-likeness (QED) is 0.764. The van der Waals surface area contributed by atoms with E-state index in [1.54, 1.807) is 13.1 Å².